The summed E-state index contributed by atoms with van der Waals surface area (Å²) in [5, 5.41) is 8.21. The minimum atomic E-state index is 0.578. The molecule has 1 aliphatic heterocycles. The van der Waals surface area contributed by atoms with Gasteiger partial charge in [0.25, 0.3) is 0 Å². The minimum absolute atomic E-state index is 0.578. The zero-order valence-corrected chi connectivity index (χ0v) is 12.8. The number of hydrogen-bond acceptors (Lipinski definition) is 3. The summed E-state index contributed by atoms with van der Waals surface area (Å²) in [6.07, 6.45) is 5.81. The molecule has 1 N–H and O–H groups in total. The van der Waals surface area contributed by atoms with Gasteiger partial charge < -0.3 is 5.32 Å². The maximum Gasteiger partial charge on any atom is 0.0666 e. The van der Waals surface area contributed by atoms with Crippen molar-refractivity contribution in [3.63, 3.8) is 0 Å². The molecule has 0 amide bonds. The van der Waals surface area contributed by atoms with Crippen LogP contribution in [0, 0.1) is 0 Å². The molecule has 1 aliphatic rings. The Balaban J connectivity index is 1.94. The van der Waals surface area contributed by atoms with Crippen molar-refractivity contribution in [2.75, 3.05) is 13.1 Å². The summed E-state index contributed by atoms with van der Waals surface area (Å²) in [4.78, 5) is 2.57. The van der Waals surface area contributed by atoms with Crippen LogP contribution in [0.15, 0.2) is 6.20 Å². The molecular formula is C15H28N4. The lowest BCUT2D eigenvalue weighted by molar-refractivity contribution is 0.178. The highest BCUT2D eigenvalue weighted by Crippen LogP contribution is 2.16. The summed E-state index contributed by atoms with van der Waals surface area (Å²) < 4.78 is 1.95. The first kappa shape index (κ1) is 14.5. The van der Waals surface area contributed by atoms with Crippen LogP contribution < -0.4 is 5.32 Å². The summed E-state index contributed by atoms with van der Waals surface area (Å²) in [6, 6.07) is 1.23. The molecule has 4 heteroatoms. The van der Waals surface area contributed by atoms with E-state index in [0.717, 1.165) is 19.5 Å². The number of nitrogens with zero attached hydrogens (tertiary/aromatic N) is 3. The normalized spacial score (nSPS) is 21.2. The Morgan fingerprint density at radius 3 is 2.95 bits per heavy atom. The van der Waals surface area contributed by atoms with Crippen LogP contribution in [0.5, 0.6) is 0 Å². The van der Waals surface area contributed by atoms with Crippen LogP contribution in [-0.2, 0) is 20.0 Å². The number of aryl methyl sites for hydroxylation is 2. The van der Waals surface area contributed by atoms with E-state index in [0.29, 0.717) is 12.1 Å². The SMILES string of the molecule is CCc1nn(C)cc1CN1CCCC(NC(C)C)C1. The Labute approximate surface area is 117 Å². The van der Waals surface area contributed by atoms with Gasteiger partial charge in [-0.15, -0.1) is 0 Å². The Morgan fingerprint density at radius 2 is 2.26 bits per heavy atom. The highest BCUT2D eigenvalue weighted by atomic mass is 15.3. The molecule has 1 atom stereocenters. The summed E-state index contributed by atoms with van der Waals surface area (Å²) in [7, 11) is 2.02. The van der Waals surface area contributed by atoms with Crippen LogP contribution in [0.3, 0.4) is 0 Å². The Morgan fingerprint density at radius 1 is 1.47 bits per heavy atom. The zero-order valence-electron chi connectivity index (χ0n) is 12.8. The Bertz CT molecular complexity index is 397. The Hall–Kier alpha value is -0.870. The maximum absolute atomic E-state index is 4.54. The molecule has 108 valence electrons. The van der Waals surface area contributed by atoms with Crippen molar-refractivity contribution >= 4 is 0 Å². The molecule has 0 aromatic carbocycles. The zero-order chi connectivity index (χ0) is 13.8. The van der Waals surface area contributed by atoms with E-state index in [4.69, 9.17) is 0 Å². The van der Waals surface area contributed by atoms with E-state index < -0.39 is 0 Å². The lowest BCUT2D eigenvalue weighted by Crippen LogP contribution is -2.47. The Kier molecular flexibility index (Phi) is 4.99. The van der Waals surface area contributed by atoms with Gasteiger partial charge in [0.15, 0.2) is 0 Å². The fourth-order valence-electron chi connectivity index (χ4n) is 3.06. The van der Waals surface area contributed by atoms with Gasteiger partial charge in [-0.05, 0) is 25.8 Å². The molecule has 2 heterocycles. The topological polar surface area (TPSA) is 33.1 Å². The van der Waals surface area contributed by atoms with Gasteiger partial charge in [-0.3, -0.25) is 9.58 Å². The van der Waals surface area contributed by atoms with Gasteiger partial charge >= 0.3 is 0 Å². The van der Waals surface area contributed by atoms with Gasteiger partial charge in [0.2, 0.25) is 0 Å². The maximum atomic E-state index is 4.54. The summed E-state index contributed by atoms with van der Waals surface area (Å²) in [6.45, 7) is 10.1. The monoisotopic (exact) mass is 264 g/mol. The molecule has 0 radical (unpaired) electrons. The predicted molar refractivity (Wildman–Crippen MR) is 79.2 cm³/mol. The second-order valence-electron chi connectivity index (χ2n) is 6.02. The van der Waals surface area contributed by atoms with Crippen LogP contribution in [-0.4, -0.2) is 39.9 Å². The summed E-state index contributed by atoms with van der Waals surface area (Å²) >= 11 is 0. The lowest BCUT2D eigenvalue weighted by atomic mass is 10.0. The molecule has 0 saturated carbocycles. The fraction of sp³-hybridized carbons (Fsp3) is 0.800. The molecule has 1 aromatic heterocycles. The largest absolute Gasteiger partial charge is 0.311 e. The predicted octanol–water partition coefficient (Wildman–Crippen LogP) is 1.94. The number of piperidine rings is 1. The third-order valence-corrected chi connectivity index (χ3v) is 3.80. The molecule has 19 heavy (non-hydrogen) atoms. The van der Waals surface area contributed by atoms with Crippen molar-refractivity contribution < 1.29 is 0 Å². The van der Waals surface area contributed by atoms with Crippen LogP contribution >= 0.6 is 0 Å². The van der Waals surface area contributed by atoms with E-state index in [1.54, 1.807) is 0 Å². The number of aromatic nitrogens is 2. The van der Waals surface area contributed by atoms with Crippen molar-refractivity contribution in [3.05, 3.63) is 17.5 Å². The molecule has 2 rings (SSSR count). The van der Waals surface area contributed by atoms with E-state index in [1.165, 1.54) is 30.6 Å². The molecular weight excluding hydrogens is 236 g/mol. The van der Waals surface area contributed by atoms with Gasteiger partial charge in [0, 0.05) is 44.0 Å². The van der Waals surface area contributed by atoms with Crippen LogP contribution in [0.4, 0.5) is 0 Å². The smallest absolute Gasteiger partial charge is 0.0666 e. The average Bonchev–Trinajstić information content (AvgIpc) is 2.69. The molecule has 0 bridgehead atoms. The summed E-state index contributed by atoms with van der Waals surface area (Å²) in [5.41, 5.74) is 2.65. The number of hydrogen-bond donors (Lipinski definition) is 1. The summed E-state index contributed by atoms with van der Waals surface area (Å²) in [5.74, 6) is 0. The second kappa shape index (κ2) is 6.53. The van der Waals surface area contributed by atoms with Crippen molar-refractivity contribution in [2.45, 2.75) is 58.7 Å². The van der Waals surface area contributed by atoms with E-state index in [-0.39, 0.29) is 0 Å². The standard InChI is InChI=1S/C15H28N4/c1-5-15-13(9-18(4)17-15)10-19-8-6-7-14(11-19)16-12(2)3/h9,12,14,16H,5-8,10-11H2,1-4H3. The van der Waals surface area contributed by atoms with Crippen molar-refractivity contribution in [2.24, 2.45) is 7.05 Å². The molecule has 0 spiro atoms. The van der Waals surface area contributed by atoms with Gasteiger partial charge in [-0.2, -0.15) is 5.10 Å². The lowest BCUT2D eigenvalue weighted by Gasteiger charge is -2.34. The molecule has 0 aliphatic carbocycles. The van der Waals surface area contributed by atoms with Gasteiger partial charge in [-0.1, -0.05) is 20.8 Å². The van der Waals surface area contributed by atoms with E-state index in [9.17, 15) is 0 Å². The third kappa shape index (κ3) is 4.05. The van der Waals surface area contributed by atoms with E-state index in [2.05, 4.69) is 42.3 Å². The molecule has 1 unspecified atom stereocenters. The van der Waals surface area contributed by atoms with Gasteiger partial charge in [-0.25, -0.2) is 0 Å². The molecule has 1 aromatic rings. The second-order valence-corrected chi connectivity index (χ2v) is 6.02. The quantitative estimate of drug-likeness (QED) is 0.882. The van der Waals surface area contributed by atoms with Crippen molar-refractivity contribution in [1.82, 2.24) is 20.0 Å². The molecule has 4 nitrogen and oxygen atoms in total. The fourth-order valence-corrected chi connectivity index (χ4v) is 3.06. The number of nitrogens with one attached hydrogen (secondary N) is 1. The van der Waals surface area contributed by atoms with E-state index >= 15 is 0 Å². The molecule has 1 fully saturated rings. The number of likely N-dealkylation sites (tertiary alicyclic amines) is 1. The first-order chi connectivity index (χ1) is 9.08. The third-order valence-electron chi connectivity index (χ3n) is 3.80. The van der Waals surface area contributed by atoms with Crippen LogP contribution in [0.25, 0.3) is 0 Å². The van der Waals surface area contributed by atoms with Crippen LogP contribution in [0.1, 0.15) is 44.9 Å². The van der Waals surface area contributed by atoms with Gasteiger partial charge in [0.1, 0.15) is 0 Å². The first-order valence-electron chi connectivity index (χ1n) is 7.58. The highest BCUT2D eigenvalue weighted by molar-refractivity contribution is 5.17. The van der Waals surface area contributed by atoms with Crippen LogP contribution in [0.2, 0.25) is 0 Å². The highest BCUT2D eigenvalue weighted by Gasteiger charge is 2.21. The van der Waals surface area contributed by atoms with Gasteiger partial charge in [0.05, 0.1) is 5.69 Å². The van der Waals surface area contributed by atoms with Crippen molar-refractivity contribution in [3.8, 4) is 0 Å². The molecule has 1 saturated heterocycles. The minimum Gasteiger partial charge on any atom is -0.311 e. The average molecular weight is 264 g/mol. The number of rotatable bonds is 5. The van der Waals surface area contributed by atoms with E-state index in [1.807, 2.05) is 11.7 Å². The first-order valence-corrected chi connectivity index (χ1v) is 7.58. The van der Waals surface area contributed by atoms with Crippen molar-refractivity contribution in [1.29, 1.82) is 0 Å².